The van der Waals surface area contributed by atoms with Crippen molar-refractivity contribution in [2.45, 2.75) is 6.42 Å². The zero-order valence-corrected chi connectivity index (χ0v) is 6.86. The van der Waals surface area contributed by atoms with E-state index in [1.54, 1.807) is 18.3 Å². The molecule has 0 unspecified atom stereocenters. The molecule has 12 heavy (non-hydrogen) atoms. The van der Waals surface area contributed by atoms with Crippen molar-refractivity contribution < 1.29 is 4.74 Å². The summed E-state index contributed by atoms with van der Waals surface area (Å²) in [7, 11) is 0. The van der Waals surface area contributed by atoms with Gasteiger partial charge in [-0.3, -0.25) is 0 Å². The van der Waals surface area contributed by atoms with Gasteiger partial charge in [-0.05, 0) is 25.1 Å². The van der Waals surface area contributed by atoms with Gasteiger partial charge in [0.2, 0.25) is 0 Å². The number of nitrogen functional groups attached to an aromatic ring is 1. The van der Waals surface area contributed by atoms with Gasteiger partial charge in [0.15, 0.2) is 0 Å². The van der Waals surface area contributed by atoms with E-state index in [2.05, 4.69) is 4.98 Å². The number of nitrogens with zero attached hydrogens (tertiary/aromatic N) is 1. The van der Waals surface area contributed by atoms with Crippen LogP contribution in [0.4, 0.5) is 5.82 Å². The predicted octanol–water partition coefficient (Wildman–Crippen LogP) is 0.391. The zero-order valence-electron chi connectivity index (χ0n) is 6.86. The van der Waals surface area contributed by atoms with Crippen molar-refractivity contribution in [2.75, 3.05) is 18.9 Å². The van der Waals surface area contributed by atoms with Crippen molar-refractivity contribution in [3.05, 3.63) is 18.3 Å². The van der Waals surface area contributed by atoms with Crippen LogP contribution in [0.5, 0.6) is 5.75 Å². The Kier molecular flexibility index (Phi) is 3.35. The Hall–Kier alpha value is -1.29. The first kappa shape index (κ1) is 8.80. The maximum absolute atomic E-state index is 5.39. The first-order chi connectivity index (χ1) is 5.83. The van der Waals surface area contributed by atoms with E-state index in [1.165, 1.54) is 0 Å². The Morgan fingerprint density at radius 2 is 2.25 bits per heavy atom. The highest BCUT2D eigenvalue weighted by molar-refractivity contribution is 5.31. The van der Waals surface area contributed by atoms with E-state index in [1.807, 2.05) is 0 Å². The minimum atomic E-state index is 0.501. The van der Waals surface area contributed by atoms with Gasteiger partial charge >= 0.3 is 0 Å². The molecule has 0 saturated heterocycles. The zero-order chi connectivity index (χ0) is 8.81. The van der Waals surface area contributed by atoms with E-state index >= 15 is 0 Å². The second-order valence-electron chi connectivity index (χ2n) is 2.41. The molecule has 0 fully saturated rings. The summed E-state index contributed by atoms with van der Waals surface area (Å²) >= 11 is 0. The summed E-state index contributed by atoms with van der Waals surface area (Å²) in [4.78, 5) is 3.88. The second-order valence-corrected chi connectivity index (χ2v) is 2.41. The lowest BCUT2D eigenvalue weighted by Crippen LogP contribution is -2.06. The van der Waals surface area contributed by atoms with Crippen LogP contribution in [0.1, 0.15) is 6.42 Å². The third kappa shape index (κ3) is 2.75. The van der Waals surface area contributed by atoms with Crippen LogP contribution in [0.15, 0.2) is 18.3 Å². The molecule has 1 aromatic rings. The number of hydrogen-bond acceptors (Lipinski definition) is 4. The van der Waals surface area contributed by atoms with E-state index in [0.29, 0.717) is 19.0 Å². The highest BCUT2D eigenvalue weighted by Crippen LogP contribution is 2.09. The van der Waals surface area contributed by atoms with Gasteiger partial charge in [-0.2, -0.15) is 0 Å². The molecule has 4 heteroatoms. The highest BCUT2D eigenvalue weighted by Gasteiger charge is 1.92. The van der Waals surface area contributed by atoms with E-state index in [-0.39, 0.29) is 0 Å². The van der Waals surface area contributed by atoms with Crippen molar-refractivity contribution in [1.29, 1.82) is 0 Å². The Bertz CT molecular complexity index is 222. The molecule has 0 aromatic carbocycles. The van der Waals surface area contributed by atoms with Crippen LogP contribution in [0.2, 0.25) is 0 Å². The number of hydrogen-bond donors (Lipinski definition) is 2. The Morgan fingerprint density at radius 1 is 1.42 bits per heavy atom. The fraction of sp³-hybridized carbons (Fsp3) is 0.375. The molecule has 0 radical (unpaired) electrons. The summed E-state index contributed by atoms with van der Waals surface area (Å²) in [6, 6.07) is 3.50. The van der Waals surface area contributed by atoms with Crippen LogP contribution >= 0.6 is 0 Å². The average molecular weight is 167 g/mol. The number of anilines is 1. The molecule has 0 saturated carbocycles. The van der Waals surface area contributed by atoms with E-state index in [0.717, 1.165) is 12.2 Å². The molecular formula is C8H13N3O. The third-order valence-electron chi connectivity index (χ3n) is 1.38. The number of ether oxygens (including phenoxy) is 1. The van der Waals surface area contributed by atoms with Gasteiger partial charge in [-0.1, -0.05) is 0 Å². The Balaban J connectivity index is 2.37. The topological polar surface area (TPSA) is 74.2 Å². The average Bonchev–Trinajstić information content (AvgIpc) is 2.09. The molecular weight excluding hydrogens is 154 g/mol. The molecule has 0 aliphatic carbocycles. The van der Waals surface area contributed by atoms with Gasteiger partial charge < -0.3 is 16.2 Å². The molecule has 1 rings (SSSR count). The summed E-state index contributed by atoms with van der Waals surface area (Å²) in [5, 5.41) is 0. The molecule has 66 valence electrons. The van der Waals surface area contributed by atoms with Crippen LogP contribution < -0.4 is 16.2 Å². The molecule has 4 nitrogen and oxygen atoms in total. The van der Waals surface area contributed by atoms with Crippen molar-refractivity contribution in [2.24, 2.45) is 5.73 Å². The summed E-state index contributed by atoms with van der Waals surface area (Å²) in [5.74, 6) is 1.24. The Morgan fingerprint density at radius 3 is 2.83 bits per heavy atom. The quantitative estimate of drug-likeness (QED) is 0.636. The summed E-state index contributed by atoms with van der Waals surface area (Å²) < 4.78 is 5.30. The number of aromatic nitrogens is 1. The molecule has 4 N–H and O–H groups in total. The normalized spacial score (nSPS) is 9.75. The van der Waals surface area contributed by atoms with Crippen molar-refractivity contribution in [3.8, 4) is 5.75 Å². The monoisotopic (exact) mass is 167 g/mol. The molecule has 0 spiro atoms. The molecule has 0 aliphatic heterocycles. The number of nitrogens with two attached hydrogens (primary N) is 2. The number of rotatable bonds is 4. The van der Waals surface area contributed by atoms with E-state index in [4.69, 9.17) is 16.2 Å². The van der Waals surface area contributed by atoms with Gasteiger partial charge in [0.05, 0.1) is 12.8 Å². The fourth-order valence-corrected chi connectivity index (χ4v) is 0.750. The summed E-state index contributed by atoms with van der Waals surface area (Å²) in [6.45, 7) is 1.27. The van der Waals surface area contributed by atoms with Gasteiger partial charge in [0.1, 0.15) is 11.6 Å². The van der Waals surface area contributed by atoms with Crippen molar-refractivity contribution in [3.63, 3.8) is 0 Å². The Labute approximate surface area is 71.5 Å². The van der Waals surface area contributed by atoms with Crippen molar-refractivity contribution in [1.82, 2.24) is 4.98 Å². The molecule has 1 aromatic heterocycles. The van der Waals surface area contributed by atoms with Crippen LogP contribution in [0.25, 0.3) is 0 Å². The molecule has 0 aliphatic rings. The van der Waals surface area contributed by atoms with E-state index in [9.17, 15) is 0 Å². The standard InChI is InChI=1S/C8H13N3O/c9-4-1-5-12-7-2-3-8(10)11-6-7/h2-3,6H,1,4-5,9H2,(H2,10,11). The maximum atomic E-state index is 5.39. The van der Waals surface area contributed by atoms with Crippen LogP contribution in [0, 0.1) is 0 Å². The SMILES string of the molecule is NCCCOc1ccc(N)nc1. The van der Waals surface area contributed by atoms with Crippen LogP contribution in [-0.2, 0) is 0 Å². The summed E-state index contributed by atoms with van der Waals surface area (Å²) in [5.41, 5.74) is 10.7. The highest BCUT2D eigenvalue weighted by atomic mass is 16.5. The maximum Gasteiger partial charge on any atom is 0.137 e. The lowest BCUT2D eigenvalue weighted by atomic mass is 10.4. The van der Waals surface area contributed by atoms with E-state index < -0.39 is 0 Å². The van der Waals surface area contributed by atoms with Gasteiger partial charge in [0, 0.05) is 0 Å². The lowest BCUT2D eigenvalue weighted by Gasteiger charge is -2.03. The smallest absolute Gasteiger partial charge is 0.137 e. The fourth-order valence-electron chi connectivity index (χ4n) is 0.750. The van der Waals surface area contributed by atoms with Crippen molar-refractivity contribution >= 4 is 5.82 Å². The minimum Gasteiger partial charge on any atom is -0.492 e. The molecule has 0 bridgehead atoms. The number of pyridine rings is 1. The largest absolute Gasteiger partial charge is 0.492 e. The first-order valence-electron chi connectivity index (χ1n) is 3.87. The van der Waals surface area contributed by atoms with Crippen LogP contribution in [0.3, 0.4) is 0 Å². The van der Waals surface area contributed by atoms with Gasteiger partial charge in [0.25, 0.3) is 0 Å². The first-order valence-corrected chi connectivity index (χ1v) is 3.87. The second kappa shape index (κ2) is 4.56. The van der Waals surface area contributed by atoms with Crippen LogP contribution in [-0.4, -0.2) is 18.1 Å². The molecule has 0 amide bonds. The molecule has 0 atom stereocenters. The molecule has 1 heterocycles. The predicted molar refractivity (Wildman–Crippen MR) is 47.8 cm³/mol. The minimum absolute atomic E-state index is 0.501. The lowest BCUT2D eigenvalue weighted by molar-refractivity contribution is 0.312. The van der Waals surface area contributed by atoms with Gasteiger partial charge in [-0.15, -0.1) is 0 Å². The van der Waals surface area contributed by atoms with Gasteiger partial charge in [-0.25, -0.2) is 4.98 Å². The summed E-state index contributed by atoms with van der Waals surface area (Å²) in [6.07, 6.45) is 2.45. The third-order valence-corrected chi connectivity index (χ3v) is 1.38.